The smallest absolute Gasteiger partial charge is 0.287 e. The van der Waals surface area contributed by atoms with Crippen LogP contribution in [0.15, 0.2) is 16.5 Å². The number of nitrogens with one attached hydrogen (secondary N) is 1. The molecule has 17 heavy (non-hydrogen) atoms. The van der Waals surface area contributed by atoms with Crippen molar-refractivity contribution in [2.24, 2.45) is 0 Å². The summed E-state index contributed by atoms with van der Waals surface area (Å²) in [6, 6.07) is 3.50. The van der Waals surface area contributed by atoms with Crippen molar-refractivity contribution in [3.05, 3.63) is 21.7 Å². The van der Waals surface area contributed by atoms with Gasteiger partial charge in [-0.1, -0.05) is 6.42 Å². The van der Waals surface area contributed by atoms with Gasteiger partial charge in [0.25, 0.3) is 5.91 Å². The molecule has 1 N–H and O–H groups in total. The molecule has 0 aromatic carbocycles. The Hall–Kier alpha value is -0.560. The first kappa shape index (κ1) is 12.9. The minimum absolute atomic E-state index is 0.120. The van der Waals surface area contributed by atoms with Crippen LogP contribution in [-0.4, -0.2) is 37.0 Å². The molecule has 0 radical (unpaired) electrons. The monoisotopic (exact) mass is 348 g/mol. The number of likely N-dealkylation sites (tertiary alicyclic amines) is 1. The molecule has 1 aromatic heterocycles. The van der Waals surface area contributed by atoms with Gasteiger partial charge >= 0.3 is 0 Å². The lowest BCUT2D eigenvalue weighted by Gasteiger charge is -2.26. The topological polar surface area (TPSA) is 45.5 Å². The zero-order chi connectivity index (χ0) is 12.1. The molecule has 1 fully saturated rings. The number of rotatable bonds is 4. The molecule has 94 valence electrons. The van der Waals surface area contributed by atoms with E-state index in [1.165, 1.54) is 19.3 Å². The fourth-order valence-corrected chi connectivity index (χ4v) is 2.45. The number of hydrogen-bond acceptors (Lipinski definition) is 3. The normalized spacial score (nSPS) is 17.0. The van der Waals surface area contributed by atoms with Crippen LogP contribution in [0.1, 0.15) is 29.8 Å². The van der Waals surface area contributed by atoms with Crippen molar-refractivity contribution < 1.29 is 9.21 Å². The summed E-state index contributed by atoms with van der Waals surface area (Å²) < 4.78 is 5.99. The number of carbonyl (C=O) groups excluding carboxylic acids is 1. The Labute approximate surface area is 115 Å². The second-order valence-corrected chi connectivity index (χ2v) is 5.33. The second-order valence-electron chi connectivity index (χ2n) is 4.26. The predicted molar refractivity (Wildman–Crippen MR) is 74.0 cm³/mol. The minimum Gasteiger partial charge on any atom is -0.445 e. The number of furan rings is 1. The average Bonchev–Trinajstić information content (AvgIpc) is 2.77. The SMILES string of the molecule is O=C(NCCN1CCCCC1)c1ccc(I)o1. The van der Waals surface area contributed by atoms with Crippen LogP contribution in [-0.2, 0) is 0 Å². The molecule has 2 rings (SSSR count). The first-order valence-corrected chi connectivity index (χ1v) is 7.09. The molecule has 1 aromatic rings. The van der Waals surface area contributed by atoms with Crippen molar-refractivity contribution in [3.63, 3.8) is 0 Å². The van der Waals surface area contributed by atoms with Crippen LogP contribution in [0.2, 0.25) is 0 Å². The second kappa shape index (κ2) is 6.39. The van der Waals surface area contributed by atoms with Crippen molar-refractivity contribution >= 4 is 28.5 Å². The standard InChI is InChI=1S/C12H17IN2O2/c13-11-5-4-10(17-11)12(16)14-6-9-15-7-2-1-3-8-15/h4-5H,1-3,6-9H2,(H,14,16). The molecule has 2 heterocycles. The number of hydrogen-bond donors (Lipinski definition) is 1. The Kier molecular flexibility index (Phi) is 4.85. The van der Waals surface area contributed by atoms with Crippen LogP contribution in [0, 0.1) is 3.77 Å². The van der Waals surface area contributed by atoms with E-state index in [0.29, 0.717) is 12.3 Å². The predicted octanol–water partition coefficient (Wildman–Crippen LogP) is 2.10. The van der Waals surface area contributed by atoms with Gasteiger partial charge in [0, 0.05) is 13.1 Å². The van der Waals surface area contributed by atoms with E-state index in [1.54, 1.807) is 12.1 Å². The summed E-state index contributed by atoms with van der Waals surface area (Å²) >= 11 is 2.05. The third-order valence-electron chi connectivity index (χ3n) is 2.96. The molecular formula is C12H17IN2O2. The molecule has 0 aliphatic carbocycles. The number of halogens is 1. The van der Waals surface area contributed by atoms with Crippen molar-refractivity contribution in [2.75, 3.05) is 26.2 Å². The van der Waals surface area contributed by atoms with Gasteiger partial charge < -0.3 is 14.6 Å². The van der Waals surface area contributed by atoms with Crippen molar-refractivity contribution in [2.45, 2.75) is 19.3 Å². The van der Waals surface area contributed by atoms with E-state index >= 15 is 0 Å². The molecular weight excluding hydrogens is 331 g/mol. The molecule has 0 atom stereocenters. The van der Waals surface area contributed by atoms with Crippen molar-refractivity contribution in [1.29, 1.82) is 0 Å². The molecule has 1 saturated heterocycles. The quantitative estimate of drug-likeness (QED) is 0.848. The van der Waals surface area contributed by atoms with Gasteiger partial charge in [-0.3, -0.25) is 4.79 Å². The van der Waals surface area contributed by atoms with E-state index in [4.69, 9.17) is 4.42 Å². The van der Waals surface area contributed by atoms with Crippen LogP contribution in [0.3, 0.4) is 0 Å². The molecule has 1 amide bonds. The van der Waals surface area contributed by atoms with Crippen LogP contribution in [0.4, 0.5) is 0 Å². The van der Waals surface area contributed by atoms with E-state index in [0.717, 1.165) is 23.4 Å². The lowest BCUT2D eigenvalue weighted by atomic mass is 10.1. The fourth-order valence-electron chi connectivity index (χ4n) is 2.03. The zero-order valence-corrected chi connectivity index (χ0v) is 11.9. The summed E-state index contributed by atoms with van der Waals surface area (Å²) in [6.45, 7) is 3.95. The van der Waals surface area contributed by atoms with Crippen LogP contribution in [0.25, 0.3) is 0 Å². The molecule has 5 heteroatoms. The third kappa shape index (κ3) is 3.99. The van der Waals surface area contributed by atoms with Crippen molar-refractivity contribution in [1.82, 2.24) is 10.2 Å². The zero-order valence-electron chi connectivity index (χ0n) is 9.75. The van der Waals surface area contributed by atoms with E-state index < -0.39 is 0 Å². The molecule has 0 unspecified atom stereocenters. The largest absolute Gasteiger partial charge is 0.445 e. The number of nitrogens with zero attached hydrogens (tertiary/aromatic N) is 1. The molecule has 1 aliphatic heterocycles. The minimum atomic E-state index is -0.120. The maximum Gasteiger partial charge on any atom is 0.287 e. The Morgan fingerprint density at radius 2 is 2.12 bits per heavy atom. The Balaban J connectivity index is 1.69. The Morgan fingerprint density at radius 3 is 2.76 bits per heavy atom. The fraction of sp³-hybridized carbons (Fsp3) is 0.583. The van der Waals surface area contributed by atoms with Gasteiger partial charge in [-0.15, -0.1) is 0 Å². The summed E-state index contributed by atoms with van der Waals surface area (Å²) in [4.78, 5) is 14.1. The maximum absolute atomic E-state index is 11.7. The van der Waals surface area contributed by atoms with Crippen LogP contribution < -0.4 is 5.32 Å². The highest BCUT2D eigenvalue weighted by atomic mass is 127. The lowest BCUT2D eigenvalue weighted by Crippen LogP contribution is -2.37. The summed E-state index contributed by atoms with van der Waals surface area (Å²) in [6.07, 6.45) is 3.91. The van der Waals surface area contributed by atoms with Gasteiger partial charge in [0.05, 0.1) is 0 Å². The van der Waals surface area contributed by atoms with Gasteiger partial charge in [0.2, 0.25) is 0 Å². The van der Waals surface area contributed by atoms with E-state index in [2.05, 4.69) is 32.8 Å². The summed E-state index contributed by atoms with van der Waals surface area (Å²) in [5.41, 5.74) is 0. The summed E-state index contributed by atoms with van der Waals surface area (Å²) in [7, 11) is 0. The Bertz CT molecular complexity index is 372. The van der Waals surface area contributed by atoms with Gasteiger partial charge in [-0.25, -0.2) is 0 Å². The van der Waals surface area contributed by atoms with Gasteiger partial charge in [-0.05, 0) is 60.7 Å². The maximum atomic E-state index is 11.7. The van der Waals surface area contributed by atoms with Gasteiger partial charge in [-0.2, -0.15) is 0 Å². The van der Waals surface area contributed by atoms with Crippen molar-refractivity contribution in [3.8, 4) is 0 Å². The van der Waals surface area contributed by atoms with Crippen LogP contribution >= 0.6 is 22.6 Å². The molecule has 1 aliphatic rings. The summed E-state index contributed by atoms with van der Waals surface area (Å²) in [5, 5.41) is 2.88. The van der Waals surface area contributed by atoms with E-state index in [9.17, 15) is 4.79 Å². The van der Waals surface area contributed by atoms with E-state index in [-0.39, 0.29) is 5.91 Å². The Morgan fingerprint density at radius 1 is 1.35 bits per heavy atom. The number of amides is 1. The first-order valence-electron chi connectivity index (χ1n) is 6.01. The molecule has 0 spiro atoms. The van der Waals surface area contributed by atoms with E-state index in [1.807, 2.05) is 0 Å². The molecule has 0 saturated carbocycles. The molecule has 4 nitrogen and oxygen atoms in total. The highest BCUT2D eigenvalue weighted by Gasteiger charge is 2.12. The van der Waals surface area contributed by atoms with Gasteiger partial charge in [0.1, 0.15) is 0 Å². The lowest BCUT2D eigenvalue weighted by molar-refractivity contribution is 0.0917. The first-order chi connectivity index (χ1) is 8.25. The third-order valence-corrected chi connectivity index (χ3v) is 3.54. The highest BCUT2D eigenvalue weighted by Crippen LogP contribution is 2.10. The highest BCUT2D eigenvalue weighted by molar-refractivity contribution is 14.1. The molecule has 0 bridgehead atoms. The number of carbonyl (C=O) groups is 1. The van der Waals surface area contributed by atoms with Crippen LogP contribution in [0.5, 0.6) is 0 Å². The van der Waals surface area contributed by atoms with Gasteiger partial charge in [0.15, 0.2) is 9.53 Å². The summed E-state index contributed by atoms with van der Waals surface area (Å²) in [5.74, 6) is 0.276. The number of piperidine rings is 1. The average molecular weight is 348 g/mol.